The smallest absolute Gasteiger partial charge is 0.311 e. The van der Waals surface area contributed by atoms with Crippen LogP contribution in [0, 0.1) is 17.0 Å². The molecule has 1 saturated heterocycles. The highest BCUT2D eigenvalue weighted by Crippen LogP contribution is 2.26. The summed E-state index contributed by atoms with van der Waals surface area (Å²) in [6.07, 6.45) is 0.114. The van der Waals surface area contributed by atoms with Crippen LogP contribution in [0.25, 0.3) is 0 Å². The maximum atomic E-state index is 11.1. The molecule has 8 nitrogen and oxygen atoms in total. The van der Waals surface area contributed by atoms with Crippen molar-refractivity contribution in [1.29, 1.82) is 0 Å². The lowest BCUT2D eigenvalue weighted by Gasteiger charge is -2.34. The molecule has 2 rings (SSSR count). The number of carboxylic acid groups (broad SMARTS) is 1. The Morgan fingerprint density at radius 2 is 2.05 bits per heavy atom. The number of anilines is 1. The fourth-order valence-corrected chi connectivity index (χ4v) is 2.35. The van der Waals surface area contributed by atoms with E-state index in [1.54, 1.807) is 13.0 Å². The Morgan fingerprint density at radius 1 is 1.38 bits per heavy atom. The molecular formula is C13H18N4O4. The number of pyridine rings is 1. The van der Waals surface area contributed by atoms with E-state index in [0.717, 1.165) is 5.69 Å². The summed E-state index contributed by atoms with van der Waals surface area (Å²) in [5, 5.41) is 19.8. The first kappa shape index (κ1) is 15.2. The van der Waals surface area contributed by atoms with Gasteiger partial charge in [0.25, 0.3) is 0 Å². The lowest BCUT2D eigenvalue weighted by molar-refractivity contribution is -0.384. The first-order valence-electron chi connectivity index (χ1n) is 6.78. The summed E-state index contributed by atoms with van der Waals surface area (Å²) in [5.74, 6) is -0.411. The van der Waals surface area contributed by atoms with E-state index >= 15 is 0 Å². The van der Waals surface area contributed by atoms with Gasteiger partial charge in [-0.1, -0.05) is 0 Å². The molecule has 8 heteroatoms. The number of hydrogen-bond acceptors (Lipinski definition) is 6. The lowest BCUT2D eigenvalue weighted by Crippen LogP contribution is -2.47. The molecule has 114 valence electrons. The Kier molecular flexibility index (Phi) is 4.69. The fourth-order valence-electron chi connectivity index (χ4n) is 2.35. The van der Waals surface area contributed by atoms with Crippen molar-refractivity contribution < 1.29 is 14.8 Å². The van der Waals surface area contributed by atoms with Crippen LogP contribution >= 0.6 is 0 Å². The summed E-state index contributed by atoms with van der Waals surface area (Å²) in [7, 11) is 0. The Labute approximate surface area is 122 Å². The molecule has 0 spiro atoms. The van der Waals surface area contributed by atoms with Gasteiger partial charge in [0.2, 0.25) is 5.82 Å². The number of nitrogens with zero attached hydrogens (tertiary/aromatic N) is 4. The molecule has 0 amide bonds. The Balaban J connectivity index is 2.03. The normalized spacial score (nSPS) is 16.0. The molecule has 0 radical (unpaired) electrons. The van der Waals surface area contributed by atoms with Crippen LogP contribution in [0.15, 0.2) is 12.1 Å². The number of piperazine rings is 1. The lowest BCUT2D eigenvalue weighted by atomic mass is 10.2. The first-order valence-corrected chi connectivity index (χ1v) is 6.78. The van der Waals surface area contributed by atoms with Crippen LogP contribution in [-0.4, -0.2) is 58.6 Å². The number of carboxylic acids is 1. The second kappa shape index (κ2) is 6.49. The Hall–Kier alpha value is -2.22. The quantitative estimate of drug-likeness (QED) is 0.636. The SMILES string of the molecule is Cc1ccc([N+](=O)[O-])c(N2CCN(CCC(=O)O)CC2)n1. The third kappa shape index (κ3) is 3.88. The largest absolute Gasteiger partial charge is 0.481 e. The summed E-state index contributed by atoms with van der Waals surface area (Å²) >= 11 is 0. The predicted octanol–water partition coefficient (Wildman–Crippen LogP) is 0.895. The zero-order valence-electron chi connectivity index (χ0n) is 11.9. The molecule has 1 fully saturated rings. The predicted molar refractivity (Wildman–Crippen MR) is 76.5 cm³/mol. The minimum Gasteiger partial charge on any atom is -0.481 e. The second-order valence-electron chi connectivity index (χ2n) is 5.02. The van der Waals surface area contributed by atoms with Gasteiger partial charge in [-0.25, -0.2) is 4.98 Å². The molecule has 1 aromatic rings. The monoisotopic (exact) mass is 294 g/mol. The summed E-state index contributed by atoms with van der Waals surface area (Å²) in [6, 6.07) is 3.11. The van der Waals surface area contributed by atoms with Crippen molar-refractivity contribution in [3.63, 3.8) is 0 Å². The molecule has 0 saturated carbocycles. The zero-order valence-corrected chi connectivity index (χ0v) is 11.9. The van der Waals surface area contributed by atoms with Crippen molar-refractivity contribution in [2.75, 3.05) is 37.6 Å². The topological polar surface area (TPSA) is 99.8 Å². The molecule has 2 heterocycles. The van der Waals surface area contributed by atoms with Crippen molar-refractivity contribution >= 4 is 17.5 Å². The van der Waals surface area contributed by atoms with Gasteiger partial charge in [0.15, 0.2) is 0 Å². The van der Waals surface area contributed by atoms with Gasteiger partial charge in [-0.15, -0.1) is 0 Å². The van der Waals surface area contributed by atoms with E-state index in [4.69, 9.17) is 5.11 Å². The molecule has 0 aliphatic carbocycles. The number of aromatic nitrogens is 1. The summed E-state index contributed by atoms with van der Waals surface area (Å²) < 4.78 is 0. The first-order chi connectivity index (χ1) is 9.97. The Bertz CT molecular complexity index is 541. The van der Waals surface area contributed by atoms with Crippen LogP contribution in [0.1, 0.15) is 12.1 Å². The van der Waals surface area contributed by atoms with Crippen LogP contribution in [0.4, 0.5) is 11.5 Å². The highest BCUT2D eigenvalue weighted by molar-refractivity contribution is 5.66. The van der Waals surface area contributed by atoms with E-state index in [-0.39, 0.29) is 12.1 Å². The second-order valence-corrected chi connectivity index (χ2v) is 5.02. The van der Waals surface area contributed by atoms with E-state index in [0.29, 0.717) is 38.5 Å². The van der Waals surface area contributed by atoms with Gasteiger partial charge < -0.3 is 10.0 Å². The van der Waals surface area contributed by atoms with Gasteiger partial charge in [0.05, 0.1) is 11.3 Å². The molecule has 21 heavy (non-hydrogen) atoms. The number of carbonyl (C=O) groups is 1. The van der Waals surface area contributed by atoms with Crippen molar-refractivity contribution in [3.8, 4) is 0 Å². The van der Waals surface area contributed by atoms with Gasteiger partial charge in [-0.2, -0.15) is 0 Å². The van der Waals surface area contributed by atoms with Gasteiger partial charge in [-0.3, -0.25) is 19.8 Å². The highest BCUT2D eigenvalue weighted by atomic mass is 16.6. The zero-order chi connectivity index (χ0) is 15.4. The van der Waals surface area contributed by atoms with E-state index in [1.165, 1.54) is 6.07 Å². The maximum Gasteiger partial charge on any atom is 0.311 e. The third-order valence-electron chi connectivity index (χ3n) is 3.50. The molecule has 1 aliphatic heterocycles. The molecule has 0 unspecified atom stereocenters. The molecule has 0 atom stereocenters. The number of hydrogen-bond donors (Lipinski definition) is 1. The van der Waals surface area contributed by atoms with E-state index in [2.05, 4.69) is 4.98 Å². The molecule has 0 aromatic carbocycles. The van der Waals surface area contributed by atoms with Gasteiger partial charge >= 0.3 is 11.7 Å². The summed E-state index contributed by atoms with van der Waals surface area (Å²) in [4.78, 5) is 29.5. The van der Waals surface area contributed by atoms with Crippen molar-refractivity contribution in [1.82, 2.24) is 9.88 Å². The van der Waals surface area contributed by atoms with E-state index in [1.807, 2.05) is 9.80 Å². The van der Waals surface area contributed by atoms with Crippen molar-refractivity contribution in [2.24, 2.45) is 0 Å². The minimum atomic E-state index is -0.812. The Morgan fingerprint density at radius 3 is 2.62 bits per heavy atom. The average molecular weight is 294 g/mol. The number of aliphatic carboxylic acids is 1. The van der Waals surface area contributed by atoms with Crippen LogP contribution in [0.2, 0.25) is 0 Å². The third-order valence-corrected chi connectivity index (χ3v) is 3.50. The maximum absolute atomic E-state index is 11.1. The standard InChI is InChI=1S/C13H18N4O4/c1-10-2-3-11(17(20)21)13(14-10)16-8-6-15(7-9-16)5-4-12(18)19/h2-3H,4-9H2,1H3,(H,18,19). The molecule has 1 aliphatic rings. The van der Waals surface area contributed by atoms with Gasteiger partial charge in [-0.05, 0) is 13.0 Å². The van der Waals surface area contributed by atoms with E-state index < -0.39 is 10.9 Å². The average Bonchev–Trinajstić information content (AvgIpc) is 2.45. The highest BCUT2D eigenvalue weighted by Gasteiger charge is 2.25. The number of nitro groups is 1. The van der Waals surface area contributed by atoms with Crippen molar-refractivity contribution in [2.45, 2.75) is 13.3 Å². The van der Waals surface area contributed by atoms with Crippen LogP contribution in [0.3, 0.4) is 0 Å². The van der Waals surface area contributed by atoms with Gasteiger partial charge in [0.1, 0.15) is 0 Å². The fraction of sp³-hybridized carbons (Fsp3) is 0.538. The van der Waals surface area contributed by atoms with Crippen LogP contribution in [0.5, 0.6) is 0 Å². The van der Waals surface area contributed by atoms with E-state index in [9.17, 15) is 14.9 Å². The van der Waals surface area contributed by atoms with Crippen LogP contribution < -0.4 is 4.90 Å². The number of aryl methyl sites for hydroxylation is 1. The molecule has 1 N–H and O–H groups in total. The molecule has 0 bridgehead atoms. The van der Waals surface area contributed by atoms with Crippen molar-refractivity contribution in [3.05, 3.63) is 27.9 Å². The molecule has 1 aromatic heterocycles. The van der Waals surface area contributed by atoms with Crippen LogP contribution in [-0.2, 0) is 4.79 Å². The number of rotatable bonds is 5. The summed E-state index contributed by atoms with van der Waals surface area (Å²) in [6.45, 7) is 4.89. The molecular weight excluding hydrogens is 276 g/mol. The van der Waals surface area contributed by atoms with Gasteiger partial charge in [0, 0.05) is 44.5 Å². The minimum absolute atomic E-state index is 0.0135. The summed E-state index contributed by atoms with van der Waals surface area (Å²) in [5.41, 5.74) is 0.753.